The van der Waals surface area contributed by atoms with Crippen molar-refractivity contribution in [3.63, 3.8) is 0 Å². The summed E-state index contributed by atoms with van der Waals surface area (Å²) >= 11 is 5.86. The molecule has 1 nitrogen and oxygen atoms in total. The quantitative estimate of drug-likeness (QED) is 0.695. The van der Waals surface area contributed by atoms with Crippen molar-refractivity contribution in [1.82, 2.24) is 0 Å². The van der Waals surface area contributed by atoms with Gasteiger partial charge in [-0.1, -0.05) is 29.3 Å². The number of aryl methyl sites for hydroxylation is 1. The lowest BCUT2D eigenvalue weighted by molar-refractivity contribution is -0.0881. The molecule has 20 heavy (non-hydrogen) atoms. The molecule has 0 saturated heterocycles. The summed E-state index contributed by atoms with van der Waals surface area (Å²) in [5.74, 6) is 0.608. The molecule has 2 rings (SSSR count). The van der Waals surface area contributed by atoms with Gasteiger partial charge in [-0.05, 0) is 31.2 Å². The van der Waals surface area contributed by atoms with E-state index in [1.807, 2.05) is 19.1 Å². The van der Waals surface area contributed by atoms with Crippen molar-refractivity contribution in [3.8, 4) is 5.75 Å². The first-order valence-corrected chi connectivity index (χ1v) is 6.10. The Bertz CT molecular complexity index is 630. The van der Waals surface area contributed by atoms with Crippen molar-refractivity contribution in [2.45, 2.75) is 13.1 Å². The predicted molar refractivity (Wildman–Crippen MR) is 71.5 cm³/mol. The summed E-state index contributed by atoms with van der Waals surface area (Å²) < 4.78 is 43.3. The molecule has 0 saturated carbocycles. The van der Waals surface area contributed by atoms with E-state index in [1.165, 1.54) is 6.08 Å². The van der Waals surface area contributed by atoms with Gasteiger partial charge in [0.1, 0.15) is 5.75 Å². The highest BCUT2D eigenvalue weighted by atomic mass is 35.5. The van der Waals surface area contributed by atoms with Crippen LogP contribution in [-0.4, -0.2) is 6.18 Å². The fourth-order valence-electron chi connectivity index (χ4n) is 1.50. The van der Waals surface area contributed by atoms with Crippen LogP contribution in [0.5, 0.6) is 5.75 Å². The molecule has 0 amide bonds. The smallest absolute Gasteiger partial charge is 0.417 e. The van der Waals surface area contributed by atoms with Crippen LogP contribution in [0, 0.1) is 6.92 Å². The van der Waals surface area contributed by atoms with Crippen LogP contribution >= 0.6 is 11.6 Å². The van der Waals surface area contributed by atoms with E-state index >= 15 is 0 Å². The van der Waals surface area contributed by atoms with E-state index in [-0.39, 0.29) is 10.8 Å². The molecular formula is C15H10ClF3O. The molecule has 104 valence electrons. The minimum absolute atomic E-state index is 0.117. The molecule has 1 aromatic carbocycles. The predicted octanol–water partition coefficient (Wildman–Crippen LogP) is 5.04. The molecule has 1 aliphatic rings. The van der Waals surface area contributed by atoms with E-state index in [9.17, 15) is 13.2 Å². The summed E-state index contributed by atoms with van der Waals surface area (Å²) in [6.07, 6.45) is -1.55. The van der Waals surface area contributed by atoms with Crippen molar-refractivity contribution < 1.29 is 17.9 Å². The molecule has 0 heterocycles. The van der Waals surface area contributed by atoms with Crippen molar-refractivity contribution in [3.05, 3.63) is 70.2 Å². The highest BCUT2D eigenvalue weighted by Crippen LogP contribution is 2.31. The van der Waals surface area contributed by atoms with Crippen LogP contribution in [0.4, 0.5) is 13.2 Å². The molecule has 0 spiro atoms. The van der Waals surface area contributed by atoms with E-state index in [2.05, 4.69) is 5.73 Å². The van der Waals surface area contributed by atoms with Crippen LogP contribution in [0.2, 0.25) is 0 Å². The maximum atomic E-state index is 12.6. The summed E-state index contributed by atoms with van der Waals surface area (Å²) in [5.41, 5.74) is 2.59. The lowest BCUT2D eigenvalue weighted by Crippen LogP contribution is -2.09. The van der Waals surface area contributed by atoms with Crippen LogP contribution < -0.4 is 4.74 Å². The Morgan fingerprint density at radius 1 is 1.10 bits per heavy atom. The van der Waals surface area contributed by atoms with Gasteiger partial charge in [-0.25, -0.2) is 0 Å². The number of rotatable bonds is 2. The third kappa shape index (κ3) is 3.56. The molecular weight excluding hydrogens is 289 g/mol. The molecule has 0 N–H and O–H groups in total. The second kappa shape index (κ2) is 5.61. The van der Waals surface area contributed by atoms with Gasteiger partial charge in [-0.15, -0.1) is 5.73 Å². The molecule has 0 aliphatic heterocycles. The number of hydrogen-bond acceptors (Lipinski definition) is 1. The maximum Gasteiger partial charge on any atom is 0.417 e. The number of halogens is 4. The Morgan fingerprint density at radius 2 is 1.75 bits per heavy atom. The molecule has 0 unspecified atom stereocenters. The van der Waals surface area contributed by atoms with Gasteiger partial charge in [0.15, 0.2) is 5.76 Å². The number of allylic oxidation sites excluding steroid dienone is 4. The number of ether oxygens (including phenoxy) is 1. The topological polar surface area (TPSA) is 9.23 Å². The monoisotopic (exact) mass is 298 g/mol. The lowest BCUT2D eigenvalue weighted by Gasteiger charge is -2.08. The standard InChI is InChI=1S/C15H10ClF3O/c1-10-5-7-12(8-6-10)20-14-4-2-3-11(9-13(14)16)15(17,18)19/h3-9H,1H3. The van der Waals surface area contributed by atoms with Gasteiger partial charge in [0.25, 0.3) is 0 Å². The summed E-state index contributed by atoms with van der Waals surface area (Å²) in [6.45, 7) is 1.92. The molecule has 5 heteroatoms. The summed E-state index contributed by atoms with van der Waals surface area (Å²) in [6, 6.07) is 7.08. The van der Waals surface area contributed by atoms with Crippen molar-refractivity contribution in [1.29, 1.82) is 0 Å². The summed E-state index contributed by atoms with van der Waals surface area (Å²) in [4.78, 5) is 0. The van der Waals surface area contributed by atoms with Gasteiger partial charge in [0.05, 0.1) is 10.6 Å². The molecule has 0 radical (unpaired) electrons. The molecule has 1 aliphatic carbocycles. The van der Waals surface area contributed by atoms with Crippen LogP contribution in [0.15, 0.2) is 64.6 Å². The van der Waals surface area contributed by atoms with Gasteiger partial charge in [0, 0.05) is 6.08 Å². The molecule has 0 aromatic heterocycles. The Labute approximate surface area is 119 Å². The number of benzene rings is 1. The average molecular weight is 299 g/mol. The third-order valence-corrected chi connectivity index (χ3v) is 2.84. The molecule has 1 aromatic rings. The molecule has 0 atom stereocenters. The van der Waals surface area contributed by atoms with Crippen LogP contribution in [0.3, 0.4) is 0 Å². The second-order valence-corrected chi connectivity index (χ2v) is 4.59. The Morgan fingerprint density at radius 3 is 2.35 bits per heavy atom. The first kappa shape index (κ1) is 14.5. The van der Waals surface area contributed by atoms with Gasteiger partial charge in [-0.3, -0.25) is 0 Å². The Kier molecular flexibility index (Phi) is 4.07. The number of alkyl halides is 3. The number of hydrogen-bond donors (Lipinski definition) is 0. The highest BCUT2D eigenvalue weighted by molar-refractivity contribution is 6.31. The van der Waals surface area contributed by atoms with Crippen molar-refractivity contribution in [2.75, 3.05) is 0 Å². The maximum absolute atomic E-state index is 12.6. The van der Waals surface area contributed by atoms with Gasteiger partial charge in [0.2, 0.25) is 0 Å². The van der Waals surface area contributed by atoms with Crippen LogP contribution in [0.1, 0.15) is 5.56 Å². The normalized spacial score (nSPS) is 15.2. The minimum Gasteiger partial charge on any atom is -0.455 e. The van der Waals surface area contributed by atoms with E-state index in [0.29, 0.717) is 5.75 Å². The largest absolute Gasteiger partial charge is 0.455 e. The minimum atomic E-state index is -4.47. The SMILES string of the molecule is Cc1ccc(OC2=C(Cl)C=C(C(F)(F)F)C=C=C2)cc1. The average Bonchev–Trinajstić information content (AvgIpc) is 2.55. The van der Waals surface area contributed by atoms with E-state index < -0.39 is 11.7 Å². The first-order valence-electron chi connectivity index (χ1n) is 5.72. The zero-order valence-corrected chi connectivity index (χ0v) is 11.2. The second-order valence-electron chi connectivity index (χ2n) is 4.18. The van der Waals surface area contributed by atoms with Gasteiger partial charge in [-0.2, -0.15) is 13.2 Å². The zero-order valence-electron chi connectivity index (χ0n) is 10.5. The van der Waals surface area contributed by atoms with Crippen molar-refractivity contribution >= 4 is 11.6 Å². The fourth-order valence-corrected chi connectivity index (χ4v) is 1.71. The van der Waals surface area contributed by atoms with E-state index in [4.69, 9.17) is 16.3 Å². The third-order valence-electron chi connectivity index (χ3n) is 2.55. The van der Waals surface area contributed by atoms with Gasteiger partial charge >= 0.3 is 6.18 Å². The first-order chi connectivity index (χ1) is 9.36. The highest BCUT2D eigenvalue weighted by Gasteiger charge is 2.32. The zero-order chi connectivity index (χ0) is 14.8. The van der Waals surface area contributed by atoms with E-state index in [1.54, 1.807) is 12.1 Å². The van der Waals surface area contributed by atoms with Gasteiger partial charge < -0.3 is 4.74 Å². The lowest BCUT2D eigenvalue weighted by atomic mass is 10.2. The summed E-state index contributed by atoms with van der Waals surface area (Å²) in [7, 11) is 0. The van der Waals surface area contributed by atoms with Crippen LogP contribution in [0.25, 0.3) is 0 Å². The van der Waals surface area contributed by atoms with Crippen molar-refractivity contribution in [2.24, 2.45) is 0 Å². The van der Waals surface area contributed by atoms with E-state index in [0.717, 1.165) is 17.7 Å². The van der Waals surface area contributed by atoms with Crippen LogP contribution in [-0.2, 0) is 0 Å². The Hall–Kier alpha value is -1.90. The molecule has 0 fully saturated rings. The molecule has 0 bridgehead atoms. The Balaban J connectivity index is 2.31. The fraction of sp³-hybridized carbons (Fsp3) is 0.133. The summed E-state index contributed by atoms with van der Waals surface area (Å²) in [5, 5.41) is -0.126.